The molecule has 0 aliphatic rings. The van der Waals surface area contributed by atoms with E-state index in [2.05, 4.69) is 5.32 Å². The summed E-state index contributed by atoms with van der Waals surface area (Å²) in [5.74, 6) is 1.15. The van der Waals surface area contributed by atoms with E-state index in [1.807, 2.05) is 60.7 Å². The SMILES string of the molecule is COc1cc(COc2ccc(Cl)cc2/C=C(\C#N)C(=O)Nc2ccccc2)ccc1OCc1ccccc1. The van der Waals surface area contributed by atoms with Crippen LogP contribution in [0, 0.1) is 11.3 Å². The number of hydrogen-bond donors (Lipinski definition) is 1. The molecule has 0 saturated heterocycles. The van der Waals surface area contributed by atoms with Gasteiger partial charge < -0.3 is 19.5 Å². The minimum atomic E-state index is -0.527. The Labute approximate surface area is 226 Å². The zero-order chi connectivity index (χ0) is 26.7. The third-order valence-electron chi connectivity index (χ3n) is 5.53. The number of rotatable bonds is 10. The van der Waals surface area contributed by atoms with E-state index < -0.39 is 5.91 Å². The molecule has 4 rings (SSSR count). The molecule has 4 aromatic carbocycles. The first-order chi connectivity index (χ1) is 18.6. The summed E-state index contributed by atoms with van der Waals surface area (Å²) in [6.07, 6.45) is 1.46. The molecular formula is C31H25ClN2O4. The number of nitriles is 1. The van der Waals surface area contributed by atoms with Gasteiger partial charge in [-0.2, -0.15) is 5.26 Å². The van der Waals surface area contributed by atoms with Gasteiger partial charge in [-0.25, -0.2) is 0 Å². The van der Waals surface area contributed by atoms with Gasteiger partial charge in [-0.1, -0.05) is 66.2 Å². The fraction of sp³-hybridized carbons (Fsp3) is 0.0968. The van der Waals surface area contributed by atoms with E-state index in [0.29, 0.717) is 40.1 Å². The Hall–Kier alpha value is -4.73. The molecule has 190 valence electrons. The van der Waals surface area contributed by atoms with Crippen LogP contribution in [0.1, 0.15) is 16.7 Å². The molecule has 6 nitrogen and oxygen atoms in total. The van der Waals surface area contributed by atoms with E-state index in [1.165, 1.54) is 6.08 Å². The predicted octanol–water partition coefficient (Wildman–Crippen LogP) is 7.05. The summed E-state index contributed by atoms with van der Waals surface area (Å²) in [4.78, 5) is 12.7. The van der Waals surface area contributed by atoms with Crippen LogP contribution < -0.4 is 19.5 Å². The number of nitrogens with zero attached hydrogens (tertiary/aromatic N) is 1. The molecule has 1 N–H and O–H groups in total. The molecule has 4 aromatic rings. The van der Waals surface area contributed by atoms with Gasteiger partial charge in [0, 0.05) is 16.3 Å². The first-order valence-corrected chi connectivity index (χ1v) is 12.2. The molecular weight excluding hydrogens is 500 g/mol. The maximum absolute atomic E-state index is 12.7. The van der Waals surface area contributed by atoms with Crippen molar-refractivity contribution in [1.29, 1.82) is 5.26 Å². The predicted molar refractivity (Wildman–Crippen MR) is 148 cm³/mol. The van der Waals surface area contributed by atoms with Crippen molar-refractivity contribution in [2.24, 2.45) is 0 Å². The van der Waals surface area contributed by atoms with Crippen LogP contribution in [-0.2, 0) is 18.0 Å². The molecule has 0 atom stereocenters. The summed E-state index contributed by atoms with van der Waals surface area (Å²) in [5, 5.41) is 12.8. The van der Waals surface area contributed by atoms with Crippen LogP contribution in [0.4, 0.5) is 5.69 Å². The normalized spacial score (nSPS) is 10.8. The number of benzene rings is 4. The monoisotopic (exact) mass is 524 g/mol. The first-order valence-electron chi connectivity index (χ1n) is 11.8. The van der Waals surface area contributed by atoms with Crippen molar-refractivity contribution < 1.29 is 19.0 Å². The van der Waals surface area contributed by atoms with Crippen LogP contribution in [0.25, 0.3) is 6.08 Å². The molecule has 0 fully saturated rings. The number of methoxy groups -OCH3 is 1. The van der Waals surface area contributed by atoms with Gasteiger partial charge in [0.25, 0.3) is 5.91 Å². The molecule has 38 heavy (non-hydrogen) atoms. The van der Waals surface area contributed by atoms with Gasteiger partial charge in [-0.3, -0.25) is 4.79 Å². The van der Waals surface area contributed by atoms with Crippen LogP contribution in [-0.4, -0.2) is 13.0 Å². The summed E-state index contributed by atoms with van der Waals surface area (Å²) in [6.45, 7) is 0.641. The molecule has 0 bridgehead atoms. The summed E-state index contributed by atoms with van der Waals surface area (Å²) >= 11 is 6.20. The second kappa shape index (κ2) is 13.0. The van der Waals surface area contributed by atoms with E-state index in [9.17, 15) is 10.1 Å². The van der Waals surface area contributed by atoms with E-state index in [4.69, 9.17) is 25.8 Å². The Morgan fingerprint density at radius 3 is 2.21 bits per heavy atom. The Bertz CT molecular complexity index is 1460. The highest BCUT2D eigenvalue weighted by atomic mass is 35.5. The van der Waals surface area contributed by atoms with Crippen molar-refractivity contribution in [1.82, 2.24) is 0 Å². The van der Waals surface area contributed by atoms with Crippen LogP contribution >= 0.6 is 11.6 Å². The van der Waals surface area contributed by atoms with Crippen molar-refractivity contribution >= 4 is 29.3 Å². The average Bonchev–Trinajstić information content (AvgIpc) is 2.95. The van der Waals surface area contributed by atoms with Gasteiger partial charge >= 0.3 is 0 Å². The number of amides is 1. The van der Waals surface area contributed by atoms with Gasteiger partial charge in [0.1, 0.15) is 30.6 Å². The highest BCUT2D eigenvalue weighted by molar-refractivity contribution is 6.30. The lowest BCUT2D eigenvalue weighted by atomic mass is 10.1. The molecule has 7 heteroatoms. The number of halogens is 1. The van der Waals surface area contributed by atoms with E-state index in [0.717, 1.165) is 11.1 Å². The maximum Gasteiger partial charge on any atom is 0.266 e. The third kappa shape index (κ3) is 7.16. The second-order valence-corrected chi connectivity index (χ2v) is 8.66. The Balaban J connectivity index is 1.48. The number of nitrogens with one attached hydrogen (secondary N) is 1. The molecule has 0 saturated carbocycles. The lowest BCUT2D eigenvalue weighted by molar-refractivity contribution is -0.112. The fourth-order valence-electron chi connectivity index (χ4n) is 3.61. The minimum Gasteiger partial charge on any atom is -0.493 e. The first kappa shape index (κ1) is 26.3. The minimum absolute atomic E-state index is 0.0810. The van der Waals surface area contributed by atoms with Gasteiger partial charge in [0.05, 0.1) is 7.11 Å². The van der Waals surface area contributed by atoms with Gasteiger partial charge in [-0.05, 0) is 59.7 Å². The van der Waals surface area contributed by atoms with Crippen LogP contribution in [0.5, 0.6) is 17.2 Å². The number of carbonyl (C=O) groups is 1. The van der Waals surface area contributed by atoms with Crippen LogP contribution in [0.2, 0.25) is 5.02 Å². The molecule has 0 radical (unpaired) electrons. The lowest BCUT2D eigenvalue weighted by Crippen LogP contribution is -2.13. The number of ether oxygens (including phenoxy) is 3. The Morgan fingerprint density at radius 2 is 1.50 bits per heavy atom. The fourth-order valence-corrected chi connectivity index (χ4v) is 3.79. The standard InChI is InChI=1S/C31H25ClN2O4/c1-36-30-16-23(12-14-29(30)38-20-22-8-4-2-5-9-22)21-37-28-15-13-26(32)18-24(28)17-25(19-33)31(35)34-27-10-6-3-7-11-27/h2-18H,20-21H2,1H3,(H,34,35)/b25-17+. The molecule has 0 heterocycles. The average molecular weight is 525 g/mol. The van der Waals surface area contributed by atoms with Crippen molar-refractivity contribution in [3.05, 3.63) is 124 Å². The maximum atomic E-state index is 12.7. The lowest BCUT2D eigenvalue weighted by Gasteiger charge is -2.14. The molecule has 0 spiro atoms. The smallest absolute Gasteiger partial charge is 0.266 e. The molecule has 0 aromatic heterocycles. The molecule has 0 aliphatic carbocycles. The van der Waals surface area contributed by atoms with Gasteiger partial charge in [0.2, 0.25) is 0 Å². The van der Waals surface area contributed by atoms with Gasteiger partial charge in [0.15, 0.2) is 11.5 Å². The summed E-state index contributed by atoms with van der Waals surface area (Å²) in [7, 11) is 1.58. The number of para-hydroxylation sites is 1. The topological polar surface area (TPSA) is 80.6 Å². The molecule has 1 amide bonds. The Morgan fingerprint density at radius 1 is 0.842 bits per heavy atom. The zero-order valence-corrected chi connectivity index (χ0v) is 21.4. The van der Waals surface area contributed by atoms with E-state index in [1.54, 1.807) is 49.6 Å². The highest BCUT2D eigenvalue weighted by Crippen LogP contribution is 2.31. The molecule has 0 aliphatic heterocycles. The van der Waals surface area contributed by atoms with Crippen molar-refractivity contribution in [2.75, 3.05) is 12.4 Å². The Kier molecular flexibility index (Phi) is 9.01. The highest BCUT2D eigenvalue weighted by Gasteiger charge is 2.13. The summed E-state index contributed by atoms with van der Waals surface area (Å²) in [5.41, 5.74) is 2.92. The van der Waals surface area contributed by atoms with Crippen LogP contribution in [0.3, 0.4) is 0 Å². The van der Waals surface area contributed by atoms with Crippen LogP contribution in [0.15, 0.2) is 103 Å². The summed E-state index contributed by atoms with van der Waals surface area (Å²) in [6, 6.07) is 31.4. The number of anilines is 1. The second-order valence-electron chi connectivity index (χ2n) is 8.22. The third-order valence-corrected chi connectivity index (χ3v) is 5.76. The zero-order valence-electron chi connectivity index (χ0n) is 20.7. The van der Waals surface area contributed by atoms with Gasteiger partial charge in [-0.15, -0.1) is 0 Å². The largest absolute Gasteiger partial charge is 0.493 e. The number of hydrogen-bond acceptors (Lipinski definition) is 5. The van der Waals surface area contributed by atoms with Crippen molar-refractivity contribution in [2.45, 2.75) is 13.2 Å². The number of carbonyl (C=O) groups excluding carboxylic acids is 1. The molecule has 0 unspecified atom stereocenters. The van der Waals surface area contributed by atoms with E-state index in [-0.39, 0.29) is 12.2 Å². The van der Waals surface area contributed by atoms with Crippen molar-refractivity contribution in [3.8, 4) is 23.3 Å². The van der Waals surface area contributed by atoms with E-state index >= 15 is 0 Å². The summed E-state index contributed by atoms with van der Waals surface area (Å²) < 4.78 is 17.5. The quantitative estimate of drug-likeness (QED) is 0.177. The van der Waals surface area contributed by atoms with Crippen molar-refractivity contribution in [3.63, 3.8) is 0 Å².